The number of ether oxygens (including phenoxy) is 1. The molecule has 1 aromatic carbocycles. The van der Waals surface area contributed by atoms with Crippen LogP contribution in [0.3, 0.4) is 0 Å². The number of nitrogens with zero attached hydrogens (tertiary/aromatic N) is 3. The number of fused-ring (bicyclic) bond motifs is 1. The predicted octanol–water partition coefficient (Wildman–Crippen LogP) is 5.06. The third-order valence-electron chi connectivity index (χ3n) is 8.20. The van der Waals surface area contributed by atoms with Gasteiger partial charge in [0.2, 0.25) is 11.8 Å². The summed E-state index contributed by atoms with van der Waals surface area (Å²) in [4.78, 5) is 40.0. The quantitative estimate of drug-likeness (QED) is 0.326. The second-order valence-corrected chi connectivity index (χ2v) is 11.3. The van der Waals surface area contributed by atoms with Gasteiger partial charge in [0.15, 0.2) is 0 Å². The molecule has 8 nitrogen and oxygen atoms in total. The molecule has 2 N–H and O–H groups in total. The van der Waals surface area contributed by atoms with Crippen LogP contribution in [0.5, 0.6) is 5.88 Å². The van der Waals surface area contributed by atoms with Gasteiger partial charge in [0, 0.05) is 37.2 Å². The molecule has 38 heavy (non-hydrogen) atoms. The van der Waals surface area contributed by atoms with Gasteiger partial charge in [-0.05, 0) is 50.3 Å². The maximum atomic E-state index is 13.2. The molecular weight excluding hydrogens is 478 g/mol. The zero-order valence-corrected chi connectivity index (χ0v) is 22.8. The summed E-state index contributed by atoms with van der Waals surface area (Å²) in [6, 6.07) is 9.79. The fourth-order valence-corrected chi connectivity index (χ4v) is 6.22. The number of likely N-dealkylation sites (tertiary alicyclic amines) is 1. The molecule has 2 aliphatic rings. The highest BCUT2D eigenvalue weighted by atomic mass is 16.5. The minimum absolute atomic E-state index is 0.0765. The van der Waals surface area contributed by atoms with Crippen LogP contribution in [0.15, 0.2) is 36.5 Å². The first kappa shape index (κ1) is 26.4. The molecule has 2 aromatic heterocycles. The van der Waals surface area contributed by atoms with Crippen LogP contribution < -0.4 is 10.1 Å². The SMILES string of the molecule is CCC(=O)CCCCC[C@H](NC(=O)C1CC2(C1)CN(C)C2)c1ncc(-c2cc3ccccc3nc2OC)[nH]1. The zero-order valence-electron chi connectivity index (χ0n) is 22.8. The van der Waals surface area contributed by atoms with E-state index in [9.17, 15) is 9.59 Å². The number of amides is 1. The van der Waals surface area contributed by atoms with Gasteiger partial charge in [-0.3, -0.25) is 9.59 Å². The number of hydrogen-bond acceptors (Lipinski definition) is 6. The van der Waals surface area contributed by atoms with Gasteiger partial charge >= 0.3 is 0 Å². The number of unbranched alkanes of at least 4 members (excludes halogenated alkanes) is 2. The molecule has 1 saturated heterocycles. The summed E-state index contributed by atoms with van der Waals surface area (Å²) in [5, 5.41) is 4.33. The van der Waals surface area contributed by atoms with Crippen molar-refractivity contribution in [1.82, 2.24) is 25.2 Å². The van der Waals surface area contributed by atoms with E-state index in [-0.39, 0.29) is 17.9 Å². The Morgan fingerprint density at radius 2 is 2.00 bits per heavy atom. The summed E-state index contributed by atoms with van der Waals surface area (Å²) in [6.07, 6.45) is 8.49. The van der Waals surface area contributed by atoms with E-state index in [0.717, 1.165) is 79.6 Å². The Kier molecular flexibility index (Phi) is 7.79. The number of pyridine rings is 1. The van der Waals surface area contributed by atoms with E-state index >= 15 is 0 Å². The molecule has 3 aromatic rings. The van der Waals surface area contributed by atoms with Gasteiger partial charge in [0.25, 0.3) is 0 Å². The number of rotatable bonds is 12. The summed E-state index contributed by atoms with van der Waals surface area (Å²) >= 11 is 0. The summed E-state index contributed by atoms with van der Waals surface area (Å²) in [7, 11) is 3.76. The highest BCUT2D eigenvalue weighted by molar-refractivity contribution is 5.85. The van der Waals surface area contributed by atoms with Crippen LogP contribution in [-0.4, -0.2) is 58.8 Å². The van der Waals surface area contributed by atoms with E-state index in [1.165, 1.54) is 0 Å². The second kappa shape index (κ2) is 11.2. The lowest BCUT2D eigenvalue weighted by molar-refractivity contribution is -0.143. The molecule has 3 heterocycles. The molecular formula is C30H39N5O3. The van der Waals surface area contributed by atoms with Crippen LogP contribution in [0.25, 0.3) is 22.2 Å². The number of Topliss-reactive ketones (excluding diaryl/α,β-unsaturated/α-hetero) is 1. The molecule has 8 heteroatoms. The van der Waals surface area contributed by atoms with Gasteiger partial charge in [-0.15, -0.1) is 0 Å². The molecule has 1 amide bonds. The number of H-pyrrole nitrogens is 1. The number of ketones is 1. The van der Waals surface area contributed by atoms with Crippen LogP contribution in [0.2, 0.25) is 0 Å². The molecule has 202 valence electrons. The number of methoxy groups -OCH3 is 1. The fourth-order valence-electron chi connectivity index (χ4n) is 6.22. The molecule has 0 unspecified atom stereocenters. The lowest BCUT2D eigenvalue weighted by Gasteiger charge is -2.57. The molecule has 5 rings (SSSR count). The third kappa shape index (κ3) is 5.60. The van der Waals surface area contributed by atoms with E-state index in [1.807, 2.05) is 31.2 Å². The van der Waals surface area contributed by atoms with Crippen molar-refractivity contribution in [2.45, 2.75) is 64.3 Å². The summed E-state index contributed by atoms with van der Waals surface area (Å²) < 4.78 is 5.60. The molecule has 1 aliphatic heterocycles. The number of nitrogens with one attached hydrogen (secondary N) is 2. The van der Waals surface area contributed by atoms with Gasteiger partial charge in [0.1, 0.15) is 11.6 Å². The van der Waals surface area contributed by atoms with Gasteiger partial charge in [-0.25, -0.2) is 9.97 Å². The summed E-state index contributed by atoms with van der Waals surface area (Å²) in [6.45, 7) is 4.11. The molecule has 1 spiro atoms. The van der Waals surface area contributed by atoms with Crippen molar-refractivity contribution in [1.29, 1.82) is 0 Å². The smallest absolute Gasteiger partial charge is 0.223 e. The van der Waals surface area contributed by atoms with E-state index in [0.29, 0.717) is 29.9 Å². The largest absolute Gasteiger partial charge is 0.480 e. The van der Waals surface area contributed by atoms with E-state index < -0.39 is 0 Å². The predicted molar refractivity (Wildman–Crippen MR) is 148 cm³/mol. The number of para-hydroxylation sites is 1. The molecule has 0 bridgehead atoms. The van der Waals surface area contributed by atoms with Crippen molar-refractivity contribution in [2.75, 3.05) is 27.2 Å². The first-order valence-corrected chi connectivity index (χ1v) is 13.9. The first-order chi connectivity index (χ1) is 18.4. The fraction of sp³-hybridized carbons (Fsp3) is 0.533. The van der Waals surface area contributed by atoms with Crippen molar-refractivity contribution in [3.63, 3.8) is 0 Å². The molecule has 2 fully saturated rings. The van der Waals surface area contributed by atoms with Gasteiger partial charge in [0.05, 0.1) is 36.1 Å². The van der Waals surface area contributed by atoms with Crippen molar-refractivity contribution < 1.29 is 14.3 Å². The number of hydrogen-bond donors (Lipinski definition) is 2. The van der Waals surface area contributed by atoms with E-state index in [2.05, 4.69) is 33.3 Å². The normalized spacial score (nSPS) is 17.7. The van der Waals surface area contributed by atoms with Gasteiger partial charge < -0.3 is 19.9 Å². The average molecular weight is 518 g/mol. The highest BCUT2D eigenvalue weighted by Gasteiger charge is 2.53. The zero-order chi connectivity index (χ0) is 26.7. The number of benzene rings is 1. The Balaban J connectivity index is 1.30. The van der Waals surface area contributed by atoms with Crippen molar-refractivity contribution in [2.24, 2.45) is 11.3 Å². The minimum Gasteiger partial charge on any atom is -0.480 e. The Morgan fingerprint density at radius 3 is 2.74 bits per heavy atom. The molecule has 1 atom stereocenters. The lowest BCUT2D eigenvalue weighted by Crippen LogP contribution is -2.62. The van der Waals surface area contributed by atoms with E-state index in [4.69, 9.17) is 9.72 Å². The number of aromatic nitrogens is 3. The van der Waals surface area contributed by atoms with Crippen molar-refractivity contribution in [3.05, 3.63) is 42.4 Å². The standard InChI is InChI=1S/C30H39N5O3/c1-4-22(36)11-6-5-7-13-25(33-28(37)21-15-30(16-21)18-35(2)19-30)27-31-17-26(32-27)23-14-20-10-8-9-12-24(20)34-29(23)38-3/h8-10,12,14,17,21,25H,4-7,11,13,15-16,18-19H2,1-3H3,(H,31,32)(H,33,37)/t25-/m0/s1. The Bertz CT molecular complexity index is 1290. The van der Waals surface area contributed by atoms with Crippen LogP contribution >= 0.6 is 0 Å². The molecule has 0 radical (unpaired) electrons. The third-order valence-corrected chi connectivity index (χ3v) is 8.20. The first-order valence-electron chi connectivity index (χ1n) is 13.9. The van der Waals surface area contributed by atoms with Gasteiger partial charge in [-0.1, -0.05) is 38.0 Å². The Hall–Kier alpha value is -3.26. The number of carbonyl (C=O) groups excluding carboxylic acids is 2. The average Bonchev–Trinajstić information content (AvgIpc) is 3.38. The second-order valence-electron chi connectivity index (χ2n) is 11.3. The van der Waals surface area contributed by atoms with E-state index in [1.54, 1.807) is 13.3 Å². The van der Waals surface area contributed by atoms with Crippen molar-refractivity contribution >= 4 is 22.6 Å². The Labute approximate surface area is 224 Å². The van der Waals surface area contributed by atoms with Crippen LogP contribution in [0.4, 0.5) is 0 Å². The topological polar surface area (TPSA) is 100 Å². The summed E-state index contributed by atoms with van der Waals surface area (Å²) in [5.74, 6) is 1.78. The maximum absolute atomic E-state index is 13.2. The monoisotopic (exact) mass is 517 g/mol. The number of imidazole rings is 1. The number of aromatic amines is 1. The number of carbonyl (C=O) groups is 2. The van der Waals surface area contributed by atoms with Crippen molar-refractivity contribution in [3.8, 4) is 17.1 Å². The van der Waals surface area contributed by atoms with Gasteiger partial charge in [-0.2, -0.15) is 0 Å². The maximum Gasteiger partial charge on any atom is 0.223 e. The van der Waals surface area contributed by atoms with Crippen LogP contribution in [0.1, 0.15) is 70.2 Å². The molecule has 1 aliphatic carbocycles. The van der Waals surface area contributed by atoms with Crippen LogP contribution in [-0.2, 0) is 9.59 Å². The highest BCUT2D eigenvalue weighted by Crippen LogP contribution is 2.51. The minimum atomic E-state index is -0.210. The van der Waals surface area contributed by atoms with Crippen LogP contribution in [0, 0.1) is 11.3 Å². The molecule has 1 saturated carbocycles. The Morgan fingerprint density at radius 1 is 1.21 bits per heavy atom. The summed E-state index contributed by atoms with van der Waals surface area (Å²) in [5.41, 5.74) is 2.87. The lowest BCUT2D eigenvalue weighted by atomic mass is 9.57.